The number of ether oxygens (including phenoxy) is 1. The second-order valence-electron chi connectivity index (χ2n) is 6.51. The topological polar surface area (TPSA) is 46.5 Å². The first-order valence-corrected chi connectivity index (χ1v) is 7.18. The molecular weight excluding hydrogens is 240 g/mol. The van der Waals surface area contributed by atoms with Gasteiger partial charge in [0.1, 0.15) is 0 Å². The van der Waals surface area contributed by atoms with E-state index < -0.39 is 11.5 Å². The van der Waals surface area contributed by atoms with Crippen LogP contribution in [-0.4, -0.2) is 24.3 Å². The van der Waals surface area contributed by atoms with Crippen molar-refractivity contribution in [2.24, 2.45) is 16.7 Å². The minimum Gasteiger partial charge on any atom is -0.468 e. The maximum Gasteiger partial charge on any atom is 0.316 e. The van der Waals surface area contributed by atoms with E-state index in [1.54, 1.807) is 6.08 Å². The van der Waals surface area contributed by atoms with Crippen LogP contribution >= 0.6 is 0 Å². The van der Waals surface area contributed by atoms with Crippen molar-refractivity contribution in [2.75, 3.05) is 7.11 Å². The van der Waals surface area contributed by atoms with Crippen LogP contribution in [0.25, 0.3) is 0 Å². The molecule has 4 atom stereocenters. The summed E-state index contributed by atoms with van der Waals surface area (Å²) < 4.78 is 5.07. The first-order chi connectivity index (χ1) is 9.02. The molecule has 0 heterocycles. The third-order valence-corrected chi connectivity index (χ3v) is 5.50. The molecule has 0 saturated heterocycles. The summed E-state index contributed by atoms with van der Waals surface area (Å²) in [6.07, 6.45) is 10.3. The molecule has 0 aromatic rings. The molecule has 0 unspecified atom stereocenters. The molecule has 3 rings (SSSR count). The van der Waals surface area contributed by atoms with Crippen molar-refractivity contribution in [1.82, 2.24) is 0 Å². The van der Waals surface area contributed by atoms with Crippen LogP contribution in [0.5, 0.6) is 0 Å². The zero-order chi connectivity index (χ0) is 13.7. The first-order valence-electron chi connectivity index (χ1n) is 7.18. The summed E-state index contributed by atoms with van der Waals surface area (Å²) >= 11 is 0. The van der Waals surface area contributed by atoms with Gasteiger partial charge in [-0.05, 0) is 37.5 Å². The Morgan fingerprint density at radius 3 is 2.95 bits per heavy atom. The summed E-state index contributed by atoms with van der Waals surface area (Å²) in [5.74, 6) is -0.0308. The van der Waals surface area contributed by atoms with Gasteiger partial charge in [0, 0.05) is 5.92 Å². The zero-order valence-corrected chi connectivity index (χ0v) is 11.7. The molecule has 1 N–H and O–H groups in total. The Morgan fingerprint density at radius 2 is 2.21 bits per heavy atom. The van der Waals surface area contributed by atoms with Gasteiger partial charge in [0.15, 0.2) is 0 Å². The normalized spacial score (nSPS) is 44.3. The van der Waals surface area contributed by atoms with Crippen LogP contribution < -0.4 is 0 Å². The third kappa shape index (κ3) is 1.71. The molecule has 0 amide bonds. The maximum atomic E-state index is 12.3. The average Bonchev–Trinajstić information content (AvgIpc) is 2.80. The summed E-state index contributed by atoms with van der Waals surface area (Å²) in [6.45, 7) is 2.30. The summed E-state index contributed by atoms with van der Waals surface area (Å²) in [5, 5.41) is 9.95. The van der Waals surface area contributed by atoms with Gasteiger partial charge in [0.2, 0.25) is 0 Å². The molecule has 3 aliphatic carbocycles. The molecule has 0 aromatic heterocycles. The van der Waals surface area contributed by atoms with Gasteiger partial charge < -0.3 is 9.84 Å². The minimum absolute atomic E-state index is 0.112. The third-order valence-electron chi connectivity index (χ3n) is 5.50. The number of esters is 1. The Morgan fingerprint density at radius 1 is 1.42 bits per heavy atom. The lowest BCUT2D eigenvalue weighted by atomic mass is 9.53. The Balaban J connectivity index is 2.06. The predicted molar refractivity (Wildman–Crippen MR) is 72.4 cm³/mol. The van der Waals surface area contributed by atoms with Gasteiger partial charge in [0.25, 0.3) is 0 Å². The lowest BCUT2D eigenvalue weighted by Gasteiger charge is -2.50. The van der Waals surface area contributed by atoms with Gasteiger partial charge >= 0.3 is 5.97 Å². The Labute approximate surface area is 114 Å². The number of carbonyl (C=O) groups is 1. The molecule has 0 spiro atoms. The number of allylic oxidation sites excluding steroid dienone is 2. The fourth-order valence-corrected chi connectivity index (χ4v) is 4.35. The van der Waals surface area contributed by atoms with Crippen molar-refractivity contribution < 1.29 is 14.6 Å². The molecule has 1 fully saturated rings. The number of methoxy groups -OCH3 is 1. The van der Waals surface area contributed by atoms with Crippen LogP contribution in [0, 0.1) is 16.7 Å². The molecule has 3 heteroatoms. The number of rotatable bonds is 1. The van der Waals surface area contributed by atoms with Crippen LogP contribution in [0.2, 0.25) is 0 Å². The van der Waals surface area contributed by atoms with Gasteiger partial charge in [-0.25, -0.2) is 0 Å². The fraction of sp³-hybridized carbons (Fsp3) is 0.688. The van der Waals surface area contributed by atoms with E-state index in [1.807, 2.05) is 6.08 Å². The largest absolute Gasteiger partial charge is 0.468 e. The van der Waals surface area contributed by atoms with E-state index in [-0.39, 0.29) is 17.3 Å². The monoisotopic (exact) mass is 262 g/mol. The number of hydrogen-bond donors (Lipinski definition) is 1. The molecular formula is C16H22O3. The molecule has 104 valence electrons. The van der Waals surface area contributed by atoms with Gasteiger partial charge in [0.05, 0.1) is 18.6 Å². The first kappa shape index (κ1) is 12.9. The van der Waals surface area contributed by atoms with Crippen molar-refractivity contribution in [3.8, 4) is 0 Å². The number of hydrogen-bond acceptors (Lipinski definition) is 3. The number of aliphatic hydroxyl groups excluding tert-OH is 1. The highest BCUT2D eigenvalue weighted by Gasteiger charge is 2.56. The molecule has 0 radical (unpaired) electrons. The molecule has 0 aromatic carbocycles. The van der Waals surface area contributed by atoms with Crippen molar-refractivity contribution >= 4 is 5.97 Å². The maximum absolute atomic E-state index is 12.3. The van der Waals surface area contributed by atoms with E-state index in [4.69, 9.17) is 4.74 Å². The minimum atomic E-state index is -0.538. The van der Waals surface area contributed by atoms with Crippen molar-refractivity contribution in [3.05, 3.63) is 23.8 Å². The molecule has 19 heavy (non-hydrogen) atoms. The lowest BCUT2D eigenvalue weighted by molar-refractivity contribution is -0.155. The zero-order valence-electron chi connectivity index (χ0n) is 11.7. The molecule has 3 nitrogen and oxygen atoms in total. The van der Waals surface area contributed by atoms with E-state index in [0.717, 1.165) is 19.3 Å². The molecule has 1 saturated carbocycles. The van der Waals surface area contributed by atoms with Crippen LogP contribution in [0.4, 0.5) is 0 Å². The smallest absolute Gasteiger partial charge is 0.316 e. The highest BCUT2D eigenvalue weighted by molar-refractivity contribution is 5.81. The molecule has 0 bridgehead atoms. The van der Waals surface area contributed by atoms with E-state index in [0.29, 0.717) is 6.42 Å². The van der Waals surface area contributed by atoms with E-state index in [1.165, 1.54) is 19.1 Å². The average molecular weight is 262 g/mol. The van der Waals surface area contributed by atoms with Crippen molar-refractivity contribution in [3.63, 3.8) is 0 Å². The van der Waals surface area contributed by atoms with E-state index >= 15 is 0 Å². The van der Waals surface area contributed by atoms with Crippen LogP contribution in [0.3, 0.4) is 0 Å². The number of fused-ring (bicyclic) bond motifs is 3. The van der Waals surface area contributed by atoms with Gasteiger partial charge in [-0.1, -0.05) is 30.7 Å². The number of carbonyl (C=O) groups excluding carboxylic acids is 1. The van der Waals surface area contributed by atoms with Gasteiger partial charge in [-0.15, -0.1) is 0 Å². The van der Waals surface area contributed by atoms with Crippen molar-refractivity contribution in [2.45, 2.75) is 45.1 Å². The Bertz CT molecular complexity index is 465. The Kier molecular flexibility index (Phi) is 2.86. The summed E-state index contributed by atoms with van der Waals surface area (Å²) in [5.41, 5.74) is 1.07. The summed E-state index contributed by atoms with van der Waals surface area (Å²) in [7, 11) is 1.46. The fourth-order valence-electron chi connectivity index (χ4n) is 4.35. The SMILES string of the molecule is COC(=O)[C@]12C=C[C@H](O)C[C@H]1C1=CCC[C@]1(C)CC2. The predicted octanol–water partition coefficient (Wildman–Crippen LogP) is 2.60. The number of aliphatic hydroxyl groups is 1. The van der Waals surface area contributed by atoms with Crippen LogP contribution in [-0.2, 0) is 9.53 Å². The van der Waals surface area contributed by atoms with E-state index in [9.17, 15) is 9.90 Å². The second kappa shape index (κ2) is 4.20. The Hall–Kier alpha value is -1.09. The lowest BCUT2D eigenvalue weighted by Crippen LogP contribution is -2.48. The standard InChI is InChI=1S/C16H22O3/c1-15-6-3-4-12(15)13-10-11(17)5-7-16(13,9-8-15)14(18)19-2/h4-5,7,11,13,17H,3,6,8-10H2,1-2H3/t11-,13-,15+,16-/m0/s1. The van der Waals surface area contributed by atoms with Crippen molar-refractivity contribution in [1.29, 1.82) is 0 Å². The summed E-state index contributed by atoms with van der Waals surface area (Å²) in [4.78, 5) is 12.3. The quantitative estimate of drug-likeness (QED) is 0.583. The molecule has 0 aliphatic heterocycles. The van der Waals surface area contributed by atoms with Crippen LogP contribution in [0.1, 0.15) is 39.0 Å². The van der Waals surface area contributed by atoms with Gasteiger partial charge in [-0.3, -0.25) is 4.79 Å². The van der Waals surface area contributed by atoms with E-state index in [2.05, 4.69) is 13.0 Å². The highest BCUT2D eigenvalue weighted by Crippen LogP contribution is 2.60. The summed E-state index contributed by atoms with van der Waals surface area (Å²) in [6, 6.07) is 0. The molecule has 3 aliphatic rings. The second-order valence-corrected chi connectivity index (χ2v) is 6.51. The highest BCUT2D eigenvalue weighted by atomic mass is 16.5. The van der Waals surface area contributed by atoms with Gasteiger partial charge in [-0.2, -0.15) is 0 Å². The van der Waals surface area contributed by atoms with Crippen LogP contribution in [0.15, 0.2) is 23.8 Å².